The molecule has 0 aromatic carbocycles. The number of carbonyl (C=O) groups excluding carboxylic acids is 1. The van der Waals surface area contributed by atoms with Crippen molar-refractivity contribution in [3.63, 3.8) is 0 Å². The third-order valence-electron chi connectivity index (χ3n) is 2.95. The Kier molecular flexibility index (Phi) is 16.3. The summed E-state index contributed by atoms with van der Waals surface area (Å²) in [7, 11) is 1.03. The van der Waals surface area contributed by atoms with Crippen LogP contribution in [0.2, 0.25) is 0 Å². The molecular formula is C26H22NO7P. The Bertz CT molecular complexity index is 1300. The SMILES string of the molecule is CC#CC#CC#CC#CC#CC#CC#CC#CC(=O)OCC(O)COP(=O)([O-])OCC[N+](C)(C)C. The lowest BCUT2D eigenvalue weighted by Gasteiger charge is -2.27. The number of hydrogen-bond acceptors (Lipinski definition) is 7. The lowest BCUT2D eigenvalue weighted by molar-refractivity contribution is -0.870. The van der Waals surface area contributed by atoms with Gasteiger partial charge in [-0.05, 0) is 89.8 Å². The van der Waals surface area contributed by atoms with E-state index in [0.29, 0.717) is 11.0 Å². The molecule has 0 aromatic rings. The molecule has 8 nitrogen and oxygen atoms in total. The Labute approximate surface area is 206 Å². The average Bonchev–Trinajstić information content (AvgIpc) is 2.78. The number of carbonyl (C=O) groups is 1. The summed E-state index contributed by atoms with van der Waals surface area (Å²) in [5, 5.41) is 9.66. The highest BCUT2D eigenvalue weighted by molar-refractivity contribution is 7.45. The van der Waals surface area contributed by atoms with Gasteiger partial charge in [0.15, 0.2) is 0 Å². The smallest absolute Gasteiger partial charge is 0.385 e. The fourth-order valence-corrected chi connectivity index (χ4v) is 2.15. The predicted molar refractivity (Wildman–Crippen MR) is 127 cm³/mol. The number of aliphatic hydroxyl groups excluding tert-OH is 1. The van der Waals surface area contributed by atoms with E-state index in [4.69, 9.17) is 0 Å². The van der Waals surface area contributed by atoms with Crippen LogP contribution in [-0.4, -0.2) is 69.2 Å². The van der Waals surface area contributed by atoms with Gasteiger partial charge in [0.25, 0.3) is 7.82 Å². The maximum atomic E-state index is 11.6. The fraction of sp³-hybridized carbons (Fsp3) is 0.346. The molecular weight excluding hydrogens is 469 g/mol. The van der Waals surface area contributed by atoms with E-state index < -0.39 is 33.1 Å². The van der Waals surface area contributed by atoms with E-state index >= 15 is 0 Å². The molecule has 0 bridgehead atoms. The van der Waals surface area contributed by atoms with Gasteiger partial charge in [0.05, 0.1) is 27.7 Å². The third kappa shape index (κ3) is 22.9. The van der Waals surface area contributed by atoms with Crippen molar-refractivity contribution in [1.82, 2.24) is 0 Å². The molecule has 0 saturated carbocycles. The molecule has 0 amide bonds. The molecule has 2 atom stereocenters. The molecule has 0 fully saturated rings. The molecule has 0 rings (SSSR count). The van der Waals surface area contributed by atoms with Crippen LogP contribution in [0.1, 0.15) is 6.92 Å². The zero-order chi connectivity index (χ0) is 26.4. The Morgan fingerprint density at radius 3 is 1.74 bits per heavy atom. The van der Waals surface area contributed by atoms with Gasteiger partial charge in [-0.25, -0.2) is 4.79 Å². The fourth-order valence-electron chi connectivity index (χ4n) is 1.42. The molecule has 0 saturated heterocycles. The molecule has 2 unspecified atom stereocenters. The zero-order valence-electron chi connectivity index (χ0n) is 19.7. The molecule has 178 valence electrons. The molecule has 0 heterocycles. The van der Waals surface area contributed by atoms with Crippen molar-refractivity contribution in [3.05, 3.63) is 0 Å². The van der Waals surface area contributed by atoms with Gasteiger partial charge >= 0.3 is 5.97 Å². The summed E-state index contributed by atoms with van der Waals surface area (Å²) >= 11 is 0. The highest BCUT2D eigenvalue weighted by Gasteiger charge is 2.16. The van der Waals surface area contributed by atoms with Gasteiger partial charge in [-0.2, -0.15) is 0 Å². The van der Waals surface area contributed by atoms with E-state index in [-0.39, 0.29) is 6.61 Å². The van der Waals surface area contributed by atoms with Gasteiger partial charge < -0.3 is 28.3 Å². The van der Waals surface area contributed by atoms with Crippen molar-refractivity contribution < 1.29 is 37.6 Å². The summed E-state index contributed by atoms with van der Waals surface area (Å²) in [5.74, 6) is 37.6. The van der Waals surface area contributed by atoms with Crippen LogP contribution >= 0.6 is 7.82 Å². The Hall–Kier alpha value is -4.02. The minimum absolute atomic E-state index is 0.0713. The first-order chi connectivity index (χ1) is 16.6. The largest absolute Gasteiger partial charge is 0.756 e. The number of ether oxygens (including phenoxy) is 1. The molecule has 0 aromatic heterocycles. The average molecular weight is 491 g/mol. The number of nitrogens with zero attached hydrogens (tertiary/aromatic N) is 1. The van der Waals surface area contributed by atoms with Crippen LogP contribution in [0.5, 0.6) is 0 Å². The second-order valence-electron chi connectivity index (χ2n) is 6.97. The first kappa shape index (κ1) is 31.0. The number of esters is 1. The van der Waals surface area contributed by atoms with Gasteiger partial charge in [-0.15, -0.1) is 0 Å². The van der Waals surface area contributed by atoms with Crippen LogP contribution in [0.3, 0.4) is 0 Å². The van der Waals surface area contributed by atoms with Crippen LogP contribution in [-0.2, 0) is 23.1 Å². The number of likely N-dealkylation sites (N-methyl/N-ethyl adjacent to an activating group) is 1. The van der Waals surface area contributed by atoms with Crippen molar-refractivity contribution in [2.24, 2.45) is 0 Å². The summed E-state index contributed by atoms with van der Waals surface area (Å²) in [6.45, 7) is 0.869. The van der Waals surface area contributed by atoms with Gasteiger partial charge in [0.2, 0.25) is 0 Å². The van der Waals surface area contributed by atoms with Crippen molar-refractivity contribution in [2.75, 3.05) is 47.5 Å². The lowest BCUT2D eigenvalue weighted by Crippen LogP contribution is -2.37. The topological polar surface area (TPSA) is 105 Å². The van der Waals surface area contributed by atoms with Crippen molar-refractivity contribution >= 4 is 13.8 Å². The monoisotopic (exact) mass is 491 g/mol. The Balaban J connectivity index is 4.33. The summed E-state index contributed by atoms with van der Waals surface area (Å²) in [6.07, 6.45) is -1.39. The van der Waals surface area contributed by atoms with E-state index in [9.17, 15) is 19.4 Å². The highest BCUT2D eigenvalue weighted by Crippen LogP contribution is 2.38. The molecule has 1 N–H and O–H groups in total. The molecule has 0 spiro atoms. The number of phosphoric acid groups is 1. The van der Waals surface area contributed by atoms with Crippen LogP contribution in [0.25, 0.3) is 0 Å². The van der Waals surface area contributed by atoms with Crippen molar-refractivity contribution in [2.45, 2.75) is 13.0 Å². The van der Waals surface area contributed by atoms with Crippen molar-refractivity contribution in [3.8, 4) is 94.7 Å². The first-order valence-corrected chi connectivity index (χ1v) is 11.2. The molecule has 0 aliphatic carbocycles. The normalized spacial score (nSPS) is 10.9. The van der Waals surface area contributed by atoms with Crippen LogP contribution < -0.4 is 4.89 Å². The molecule has 0 aliphatic heterocycles. The Morgan fingerprint density at radius 1 is 0.829 bits per heavy atom. The van der Waals surface area contributed by atoms with E-state index in [2.05, 4.69) is 109 Å². The van der Waals surface area contributed by atoms with Gasteiger partial charge in [0, 0.05) is 5.92 Å². The summed E-state index contributed by atoms with van der Waals surface area (Å²) < 4.78 is 26.0. The number of aliphatic hydroxyl groups is 1. The molecule has 0 radical (unpaired) electrons. The number of quaternary nitrogens is 1. The zero-order valence-corrected chi connectivity index (χ0v) is 20.6. The summed E-state index contributed by atoms with van der Waals surface area (Å²) in [5.41, 5.74) is 0. The van der Waals surface area contributed by atoms with E-state index in [0.717, 1.165) is 0 Å². The van der Waals surface area contributed by atoms with E-state index in [1.54, 1.807) is 6.92 Å². The Morgan fingerprint density at radius 2 is 1.29 bits per heavy atom. The maximum Gasteiger partial charge on any atom is 0.385 e. The predicted octanol–water partition coefficient (Wildman–Crippen LogP) is -0.855. The minimum Gasteiger partial charge on any atom is -0.756 e. The van der Waals surface area contributed by atoms with Crippen LogP contribution in [0, 0.1) is 94.7 Å². The molecule has 35 heavy (non-hydrogen) atoms. The second kappa shape index (κ2) is 18.4. The number of hydrogen-bond donors (Lipinski definition) is 1. The number of phosphoric ester groups is 1. The van der Waals surface area contributed by atoms with Crippen LogP contribution in [0.4, 0.5) is 0 Å². The van der Waals surface area contributed by atoms with Crippen LogP contribution in [0.15, 0.2) is 0 Å². The summed E-state index contributed by atoms with van der Waals surface area (Å²) in [6, 6.07) is 0. The van der Waals surface area contributed by atoms with E-state index in [1.165, 1.54) is 0 Å². The van der Waals surface area contributed by atoms with Gasteiger partial charge in [-0.3, -0.25) is 4.57 Å². The summed E-state index contributed by atoms with van der Waals surface area (Å²) in [4.78, 5) is 23.1. The molecule has 9 heteroatoms. The minimum atomic E-state index is -4.58. The quantitative estimate of drug-likeness (QED) is 0.147. The second-order valence-corrected chi connectivity index (χ2v) is 8.38. The first-order valence-electron chi connectivity index (χ1n) is 9.74. The maximum absolute atomic E-state index is 11.6. The van der Waals surface area contributed by atoms with Crippen molar-refractivity contribution in [1.29, 1.82) is 0 Å². The number of rotatable bonds is 9. The molecule has 0 aliphatic rings. The van der Waals surface area contributed by atoms with E-state index in [1.807, 2.05) is 21.1 Å². The lowest BCUT2D eigenvalue weighted by atomic mass is 10.4. The third-order valence-corrected chi connectivity index (χ3v) is 3.91. The van der Waals surface area contributed by atoms with Gasteiger partial charge in [-0.1, -0.05) is 5.92 Å². The highest BCUT2D eigenvalue weighted by atomic mass is 31.2. The standard InChI is InChI=1S/C26H22NO7P/c1-5-6-7-8-9-10-11-12-13-14-15-16-17-18-19-20-26(29)32-23-25(28)24-34-35(30,31)33-22-21-27(2,3)4/h25,28H,21-24H2,1-4H3. The van der Waals surface area contributed by atoms with Gasteiger partial charge in [0.1, 0.15) is 25.9 Å².